The van der Waals surface area contributed by atoms with E-state index in [1.54, 1.807) is 29.8 Å². The van der Waals surface area contributed by atoms with Gasteiger partial charge in [0.2, 0.25) is 0 Å². The molecule has 0 amide bonds. The number of fused-ring (bicyclic) bond motifs is 1. The molecular weight excluding hydrogens is 204 g/mol. The molecule has 0 aliphatic heterocycles. The first-order chi connectivity index (χ1) is 7.76. The number of carbonyl (C=O) groups excluding carboxylic acids is 1. The van der Waals surface area contributed by atoms with Crippen molar-refractivity contribution in [2.24, 2.45) is 0 Å². The van der Waals surface area contributed by atoms with Gasteiger partial charge in [0, 0.05) is 11.8 Å². The quantitative estimate of drug-likeness (QED) is 0.562. The highest BCUT2D eigenvalue weighted by atomic mass is 16.5. The second-order valence-corrected chi connectivity index (χ2v) is 3.17. The first-order valence-corrected chi connectivity index (χ1v) is 4.87. The second kappa shape index (κ2) is 4.07. The van der Waals surface area contributed by atoms with Gasteiger partial charge in [-0.3, -0.25) is 0 Å². The molecule has 80 valence electrons. The van der Waals surface area contributed by atoms with Crippen molar-refractivity contribution in [3.05, 3.63) is 35.7 Å². The number of aromatic nitrogens is 2. The molecule has 0 aliphatic rings. The van der Waals surface area contributed by atoms with E-state index < -0.39 is 0 Å². The van der Waals surface area contributed by atoms with E-state index >= 15 is 0 Å². The minimum absolute atomic E-state index is 0.338. The summed E-state index contributed by atoms with van der Waals surface area (Å²) in [6, 6.07) is 3.49. The Morgan fingerprint density at radius 1 is 1.69 bits per heavy atom. The molecular formula is C12H10N2O2. The maximum Gasteiger partial charge on any atom is 0.341 e. The normalized spacial score (nSPS) is 10.0. The van der Waals surface area contributed by atoms with Crippen LogP contribution in [0.4, 0.5) is 0 Å². The van der Waals surface area contributed by atoms with Gasteiger partial charge in [-0.05, 0) is 19.1 Å². The highest BCUT2D eigenvalue weighted by molar-refractivity contribution is 5.96. The Bertz CT molecular complexity index is 578. The van der Waals surface area contributed by atoms with Crippen LogP contribution in [0.3, 0.4) is 0 Å². The molecule has 0 spiro atoms. The van der Waals surface area contributed by atoms with Gasteiger partial charge < -0.3 is 4.74 Å². The summed E-state index contributed by atoms with van der Waals surface area (Å²) in [5.41, 5.74) is 1.80. The third-order valence-corrected chi connectivity index (χ3v) is 2.18. The molecule has 2 aromatic heterocycles. The Kier molecular flexibility index (Phi) is 2.61. The fourth-order valence-electron chi connectivity index (χ4n) is 1.44. The zero-order valence-electron chi connectivity index (χ0n) is 8.80. The number of terminal acetylenes is 1. The van der Waals surface area contributed by atoms with E-state index in [0.717, 1.165) is 0 Å². The zero-order chi connectivity index (χ0) is 11.5. The maximum atomic E-state index is 11.6. The Morgan fingerprint density at radius 2 is 2.50 bits per heavy atom. The molecule has 0 unspecified atom stereocenters. The topological polar surface area (TPSA) is 43.6 Å². The van der Waals surface area contributed by atoms with Gasteiger partial charge in [0.15, 0.2) is 0 Å². The molecule has 0 N–H and O–H groups in total. The maximum absolute atomic E-state index is 11.6. The van der Waals surface area contributed by atoms with Crippen molar-refractivity contribution in [2.75, 3.05) is 6.61 Å². The lowest BCUT2D eigenvalue weighted by Crippen LogP contribution is -2.04. The van der Waals surface area contributed by atoms with E-state index in [-0.39, 0.29) is 5.97 Å². The number of carbonyl (C=O) groups is 1. The van der Waals surface area contributed by atoms with Gasteiger partial charge in [-0.25, -0.2) is 9.31 Å². The van der Waals surface area contributed by atoms with Crippen molar-refractivity contribution < 1.29 is 9.53 Å². The highest BCUT2D eigenvalue weighted by Gasteiger charge is 2.13. The Hall–Kier alpha value is -2.28. The van der Waals surface area contributed by atoms with Gasteiger partial charge in [0.05, 0.1) is 18.3 Å². The molecule has 2 aromatic rings. The first-order valence-electron chi connectivity index (χ1n) is 4.87. The standard InChI is InChI=1S/C12H10N2O2/c1-3-9-5-6-14-11(7-9)10(8-13-14)12(15)16-4-2/h1,5-8H,4H2,2H3. The van der Waals surface area contributed by atoms with Crippen molar-refractivity contribution in [1.82, 2.24) is 9.61 Å². The van der Waals surface area contributed by atoms with Gasteiger partial charge in [-0.2, -0.15) is 5.10 Å². The van der Waals surface area contributed by atoms with Crippen LogP contribution in [0.2, 0.25) is 0 Å². The molecule has 0 saturated heterocycles. The van der Waals surface area contributed by atoms with Crippen LogP contribution in [0.25, 0.3) is 5.52 Å². The SMILES string of the molecule is C#Cc1ccn2ncc(C(=O)OCC)c2c1. The molecule has 2 rings (SSSR count). The van der Waals surface area contributed by atoms with Crippen LogP contribution in [-0.4, -0.2) is 22.2 Å². The van der Waals surface area contributed by atoms with Gasteiger partial charge in [-0.1, -0.05) is 5.92 Å². The number of esters is 1. The molecule has 0 bridgehead atoms. The van der Waals surface area contributed by atoms with Crippen LogP contribution in [0.1, 0.15) is 22.8 Å². The molecule has 16 heavy (non-hydrogen) atoms. The minimum atomic E-state index is -0.383. The van der Waals surface area contributed by atoms with Crippen LogP contribution >= 0.6 is 0 Å². The monoisotopic (exact) mass is 214 g/mol. The van der Waals surface area contributed by atoms with E-state index in [1.165, 1.54) is 6.20 Å². The lowest BCUT2D eigenvalue weighted by Gasteiger charge is -1.99. The Balaban J connectivity index is 2.54. The van der Waals surface area contributed by atoms with Crippen molar-refractivity contribution in [3.63, 3.8) is 0 Å². The summed E-state index contributed by atoms with van der Waals surface area (Å²) in [5.74, 6) is 2.13. The average molecular weight is 214 g/mol. The fourth-order valence-corrected chi connectivity index (χ4v) is 1.44. The molecule has 0 saturated carbocycles. The molecule has 4 nitrogen and oxygen atoms in total. The third kappa shape index (κ3) is 1.63. The number of ether oxygens (including phenoxy) is 1. The molecule has 0 radical (unpaired) electrons. The second-order valence-electron chi connectivity index (χ2n) is 3.17. The predicted octanol–water partition coefficient (Wildman–Crippen LogP) is 1.49. The molecule has 0 atom stereocenters. The summed E-state index contributed by atoms with van der Waals surface area (Å²) in [5, 5.41) is 4.04. The van der Waals surface area contributed by atoms with E-state index in [9.17, 15) is 4.79 Å². The number of rotatable bonds is 2. The van der Waals surface area contributed by atoms with E-state index in [2.05, 4.69) is 11.0 Å². The van der Waals surface area contributed by atoms with Crippen LogP contribution in [-0.2, 0) is 4.74 Å². The number of hydrogen-bond acceptors (Lipinski definition) is 3. The van der Waals surface area contributed by atoms with Crippen molar-refractivity contribution in [3.8, 4) is 12.3 Å². The molecule has 0 aliphatic carbocycles. The fraction of sp³-hybridized carbons (Fsp3) is 0.167. The van der Waals surface area contributed by atoms with Crippen LogP contribution < -0.4 is 0 Å². The summed E-state index contributed by atoms with van der Waals surface area (Å²) in [7, 11) is 0. The minimum Gasteiger partial charge on any atom is -0.462 e. The van der Waals surface area contributed by atoms with Gasteiger partial charge in [0.1, 0.15) is 5.56 Å². The van der Waals surface area contributed by atoms with Gasteiger partial charge in [0.25, 0.3) is 0 Å². The van der Waals surface area contributed by atoms with Crippen molar-refractivity contribution in [2.45, 2.75) is 6.92 Å². The number of hydrogen-bond donors (Lipinski definition) is 0. The predicted molar refractivity (Wildman–Crippen MR) is 59.1 cm³/mol. The van der Waals surface area contributed by atoms with Crippen LogP contribution in [0.5, 0.6) is 0 Å². The first kappa shape index (κ1) is 10.2. The Labute approximate surface area is 92.8 Å². The van der Waals surface area contributed by atoms with E-state index in [0.29, 0.717) is 23.3 Å². The summed E-state index contributed by atoms with van der Waals surface area (Å²) >= 11 is 0. The number of pyridine rings is 1. The van der Waals surface area contributed by atoms with Crippen molar-refractivity contribution in [1.29, 1.82) is 0 Å². The third-order valence-electron chi connectivity index (χ3n) is 2.18. The summed E-state index contributed by atoms with van der Waals surface area (Å²) < 4.78 is 6.51. The number of nitrogens with zero attached hydrogens (tertiary/aromatic N) is 2. The van der Waals surface area contributed by atoms with Crippen LogP contribution in [0, 0.1) is 12.3 Å². The lowest BCUT2D eigenvalue weighted by molar-refractivity contribution is 0.0528. The Morgan fingerprint density at radius 3 is 3.19 bits per heavy atom. The van der Waals surface area contributed by atoms with E-state index in [4.69, 9.17) is 11.2 Å². The molecule has 0 aromatic carbocycles. The molecule has 2 heterocycles. The summed E-state index contributed by atoms with van der Waals surface area (Å²) in [6.07, 6.45) is 8.49. The molecule has 0 fully saturated rings. The largest absolute Gasteiger partial charge is 0.462 e. The van der Waals surface area contributed by atoms with Gasteiger partial charge in [-0.15, -0.1) is 6.42 Å². The summed E-state index contributed by atoms with van der Waals surface area (Å²) in [4.78, 5) is 11.6. The summed E-state index contributed by atoms with van der Waals surface area (Å²) in [6.45, 7) is 2.10. The van der Waals surface area contributed by atoms with Crippen molar-refractivity contribution >= 4 is 11.5 Å². The van der Waals surface area contributed by atoms with E-state index in [1.807, 2.05) is 0 Å². The van der Waals surface area contributed by atoms with Crippen LogP contribution in [0.15, 0.2) is 24.5 Å². The molecule has 4 heteroatoms. The average Bonchev–Trinajstić information content (AvgIpc) is 2.71. The smallest absolute Gasteiger partial charge is 0.341 e. The van der Waals surface area contributed by atoms with Gasteiger partial charge >= 0.3 is 5.97 Å². The zero-order valence-corrected chi connectivity index (χ0v) is 8.80. The lowest BCUT2D eigenvalue weighted by atomic mass is 10.2. The highest BCUT2D eigenvalue weighted by Crippen LogP contribution is 2.13.